The Labute approximate surface area is 102 Å². The Bertz CT molecular complexity index is 297. The molecule has 1 aromatic rings. The van der Waals surface area contributed by atoms with Gasteiger partial charge in [0, 0.05) is 6.04 Å². The van der Waals surface area contributed by atoms with E-state index in [0.717, 1.165) is 11.8 Å². The predicted octanol–water partition coefficient (Wildman–Crippen LogP) is 3.47. The number of hydrogen-bond donors (Lipinski definition) is 2. The van der Waals surface area contributed by atoms with Gasteiger partial charge in [0.15, 0.2) is 0 Å². The first kappa shape index (κ1) is 12.1. The second kappa shape index (κ2) is 5.80. The minimum atomic E-state index is 0.362. The van der Waals surface area contributed by atoms with Gasteiger partial charge in [0.05, 0.1) is 0 Å². The Morgan fingerprint density at radius 2 is 2.44 bits per heavy atom. The van der Waals surface area contributed by atoms with Crippen molar-refractivity contribution in [2.45, 2.75) is 45.1 Å². The molecule has 0 saturated heterocycles. The topological polar surface area (TPSA) is 38.0 Å². The van der Waals surface area contributed by atoms with Gasteiger partial charge in [-0.1, -0.05) is 26.2 Å². The molecule has 1 aromatic heterocycles. The average molecular weight is 238 g/mol. The third kappa shape index (κ3) is 2.65. The summed E-state index contributed by atoms with van der Waals surface area (Å²) in [6.45, 7) is 2.31. The highest BCUT2D eigenvalue weighted by Gasteiger charge is 2.28. The molecule has 16 heavy (non-hydrogen) atoms. The summed E-state index contributed by atoms with van der Waals surface area (Å²) in [4.78, 5) is 0. The SMILES string of the molecule is CCC1CCCC(C(NN)c2ccsc2)C1. The number of nitrogens with two attached hydrogens (primary N) is 1. The van der Waals surface area contributed by atoms with Crippen molar-refractivity contribution >= 4 is 11.3 Å². The lowest BCUT2D eigenvalue weighted by Gasteiger charge is -2.33. The summed E-state index contributed by atoms with van der Waals surface area (Å²) in [7, 11) is 0. The van der Waals surface area contributed by atoms with Crippen LogP contribution < -0.4 is 11.3 Å². The lowest BCUT2D eigenvalue weighted by Crippen LogP contribution is -2.35. The molecule has 2 nitrogen and oxygen atoms in total. The summed E-state index contributed by atoms with van der Waals surface area (Å²) in [5.41, 5.74) is 4.40. The fourth-order valence-electron chi connectivity index (χ4n) is 2.96. The van der Waals surface area contributed by atoms with E-state index in [2.05, 4.69) is 29.2 Å². The molecule has 1 heterocycles. The lowest BCUT2D eigenvalue weighted by molar-refractivity contribution is 0.210. The fourth-order valence-corrected chi connectivity index (χ4v) is 3.66. The Balaban J connectivity index is 2.03. The van der Waals surface area contributed by atoms with Gasteiger partial charge in [0.2, 0.25) is 0 Å². The van der Waals surface area contributed by atoms with Gasteiger partial charge in [0.25, 0.3) is 0 Å². The maximum atomic E-state index is 5.74. The van der Waals surface area contributed by atoms with E-state index in [1.54, 1.807) is 11.3 Å². The van der Waals surface area contributed by atoms with Gasteiger partial charge in [-0.3, -0.25) is 11.3 Å². The van der Waals surface area contributed by atoms with E-state index in [1.807, 2.05) is 0 Å². The predicted molar refractivity (Wildman–Crippen MR) is 70.1 cm³/mol. The van der Waals surface area contributed by atoms with Gasteiger partial charge in [-0.15, -0.1) is 0 Å². The van der Waals surface area contributed by atoms with Gasteiger partial charge < -0.3 is 0 Å². The first-order valence-corrected chi connectivity index (χ1v) is 7.27. The van der Waals surface area contributed by atoms with Crippen LogP contribution in [0.5, 0.6) is 0 Å². The summed E-state index contributed by atoms with van der Waals surface area (Å²) in [5.74, 6) is 7.37. The van der Waals surface area contributed by atoms with Crippen molar-refractivity contribution in [1.82, 2.24) is 5.43 Å². The van der Waals surface area contributed by atoms with E-state index in [9.17, 15) is 0 Å². The highest BCUT2D eigenvalue weighted by atomic mass is 32.1. The Kier molecular flexibility index (Phi) is 4.38. The van der Waals surface area contributed by atoms with Crippen LogP contribution in [0, 0.1) is 11.8 Å². The summed E-state index contributed by atoms with van der Waals surface area (Å²) in [6.07, 6.45) is 6.75. The molecular weight excluding hydrogens is 216 g/mol. The van der Waals surface area contributed by atoms with Gasteiger partial charge >= 0.3 is 0 Å². The van der Waals surface area contributed by atoms with E-state index >= 15 is 0 Å². The molecule has 90 valence electrons. The molecule has 0 aromatic carbocycles. The van der Waals surface area contributed by atoms with Crippen LogP contribution in [-0.4, -0.2) is 0 Å². The molecular formula is C13H22N2S. The van der Waals surface area contributed by atoms with Crippen LogP contribution >= 0.6 is 11.3 Å². The van der Waals surface area contributed by atoms with Crippen LogP contribution in [0.25, 0.3) is 0 Å². The highest BCUT2D eigenvalue weighted by molar-refractivity contribution is 7.07. The summed E-state index contributed by atoms with van der Waals surface area (Å²) < 4.78 is 0. The maximum absolute atomic E-state index is 5.74. The first-order chi connectivity index (χ1) is 7.85. The zero-order chi connectivity index (χ0) is 11.4. The van der Waals surface area contributed by atoms with Crippen LogP contribution in [-0.2, 0) is 0 Å². The second-order valence-electron chi connectivity index (χ2n) is 4.90. The van der Waals surface area contributed by atoms with Crippen LogP contribution in [0.3, 0.4) is 0 Å². The second-order valence-corrected chi connectivity index (χ2v) is 5.68. The van der Waals surface area contributed by atoms with E-state index in [4.69, 9.17) is 5.84 Å². The van der Waals surface area contributed by atoms with Crippen LogP contribution in [0.2, 0.25) is 0 Å². The van der Waals surface area contributed by atoms with E-state index in [0.29, 0.717) is 6.04 Å². The smallest absolute Gasteiger partial charge is 0.0496 e. The van der Waals surface area contributed by atoms with Crippen molar-refractivity contribution in [1.29, 1.82) is 0 Å². The molecule has 3 unspecified atom stereocenters. The molecule has 2 rings (SSSR count). The zero-order valence-electron chi connectivity index (χ0n) is 9.99. The minimum absolute atomic E-state index is 0.362. The van der Waals surface area contributed by atoms with E-state index in [1.165, 1.54) is 37.7 Å². The van der Waals surface area contributed by atoms with Crippen molar-refractivity contribution in [3.05, 3.63) is 22.4 Å². The largest absolute Gasteiger partial charge is 0.271 e. The summed E-state index contributed by atoms with van der Waals surface area (Å²) >= 11 is 1.76. The first-order valence-electron chi connectivity index (χ1n) is 6.33. The molecule has 0 spiro atoms. The van der Waals surface area contributed by atoms with E-state index < -0.39 is 0 Å². The fraction of sp³-hybridized carbons (Fsp3) is 0.692. The Morgan fingerprint density at radius 3 is 3.06 bits per heavy atom. The van der Waals surface area contributed by atoms with Gasteiger partial charge in [-0.2, -0.15) is 11.3 Å². The lowest BCUT2D eigenvalue weighted by atomic mass is 9.76. The normalized spacial score (nSPS) is 27.9. The third-order valence-electron chi connectivity index (χ3n) is 3.95. The average Bonchev–Trinajstić information content (AvgIpc) is 2.84. The molecule has 0 radical (unpaired) electrons. The molecule has 0 bridgehead atoms. The van der Waals surface area contributed by atoms with Crippen molar-refractivity contribution < 1.29 is 0 Å². The van der Waals surface area contributed by atoms with Crippen molar-refractivity contribution in [2.24, 2.45) is 17.7 Å². The summed E-state index contributed by atoms with van der Waals surface area (Å²) in [6, 6.07) is 2.56. The molecule has 1 fully saturated rings. The molecule has 0 amide bonds. The molecule has 1 aliphatic carbocycles. The molecule has 3 N–H and O–H groups in total. The maximum Gasteiger partial charge on any atom is 0.0496 e. The van der Waals surface area contributed by atoms with Gasteiger partial charge in [0.1, 0.15) is 0 Å². The number of hydrazine groups is 1. The Morgan fingerprint density at radius 1 is 1.56 bits per heavy atom. The quantitative estimate of drug-likeness (QED) is 0.622. The molecule has 1 aliphatic rings. The molecule has 1 saturated carbocycles. The molecule has 0 aliphatic heterocycles. The van der Waals surface area contributed by atoms with Crippen LogP contribution in [0.15, 0.2) is 16.8 Å². The highest BCUT2D eigenvalue weighted by Crippen LogP contribution is 2.38. The standard InChI is InChI=1S/C13H22N2S/c1-2-10-4-3-5-11(8-10)13(15-14)12-6-7-16-9-12/h6-7,9-11,13,15H,2-5,8,14H2,1H3. The summed E-state index contributed by atoms with van der Waals surface area (Å²) in [5, 5.41) is 4.36. The minimum Gasteiger partial charge on any atom is -0.271 e. The van der Waals surface area contributed by atoms with Gasteiger partial charge in [-0.25, -0.2) is 0 Å². The molecule has 3 heteroatoms. The number of rotatable bonds is 4. The Hall–Kier alpha value is -0.380. The van der Waals surface area contributed by atoms with Gasteiger partial charge in [-0.05, 0) is 47.1 Å². The van der Waals surface area contributed by atoms with Crippen LogP contribution in [0.1, 0.15) is 50.6 Å². The van der Waals surface area contributed by atoms with Crippen molar-refractivity contribution in [3.8, 4) is 0 Å². The van der Waals surface area contributed by atoms with E-state index in [-0.39, 0.29) is 0 Å². The third-order valence-corrected chi connectivity index (χ3v) is 4.66. The number of nitrogens with one attached hydrogen (secondary N) is 1. The monoisotopic (exact) mass is 238 g/mol. The zero-order valence-corrected chi connectivity index (χ0v) is 10.8. The van der Waals surface area contributed by atoms with Crippen LogP contribution in [0.4, 0.5) is 0 Å². The van der Waals surface area contributed by atoms with Crippen molar-refractivity contribution in [2.75, 3.05) is 0 Å². The number of thiophene rings is 1. The van der Waals surface area contributed by atoms with Crippen molar-refractivity contribution in [3.63, 3.8) is 0 Å². The molecule has 3 atom stereocenters. The number of hydrogen-bond acceptors (Lipinski definition) is 3.